The zero-order valence-electron chi connectivity index (χ0n) is 9.00. The lowest BCUT2D eigenvalue weighted by molar-refractivity contribution is -0.139. The van der Waals surface area contributed by atoms with Crippen LogP contribution in [0.25, 0.3) is 0 Å². The highest BCUT2D eigenvalue weighted by molar-refractivity contribution is 6.30. The lowest BCUT2D eigenvalue weighted by atomic mass is 10.2. The maximum absolute atomic E-state index is 10.4. The molecule has 1 aromatic carbocycles. The lowest BCUT2D eigenvalue weighted by Crippen LogP contribution is -2.15. The zero-order valence-corrected chi connectivity index (χ0v) is 9.75. The van der Waals surface area contributed by atoms with Crippen molar-refractivity contribution in [3.05, 3.63) is 28.8 Å². The molecule has 0 atom stereocenters. The van der Waals surface area contributed by atoms with Crippen LogP contribution >= 0.6 is 11.6 Å². The number of carboxylic acids is 1. The van der Waals surface area contributed by atoms with Crippen LogP contribution in [0.2, 0.25) is 5.02 Å². The van der Waals surface area contributed by atoms with Crippen molar-refractivity contribution in [1.29, 1.82) is 0 Å². The van der Waals surface area contributed by atoms with Crippen LogP contribution < -0.4 is 10.1 Å². The van der Waals surface area contributed by atoms with Gasteiger partial charge in [0.25, 0.3) is 0 Å². The predicted molar refractivity (Wildman–Crippen MR) is 62.0 cm³/mol. The van der Waals surface area contributed by atoms with E-state index in [1.807, 2.05) is 6.92 Å². The van der Waals surface area contributed by atoms with Crippen LogP contribution in [0.5, 0.6) is 5.75 Å². The van der Waals surface area contributed by atoms with E-state index < -0.39 is 5.97 Å². The molecule has 0 fully saturated rings. The van der Waals surface area contributed by atoms with Gasteiger partial charge in [-0.25, -0.2) is 4.79 Å². The normalized spacial score (nSPS) is 10.1. The summed E-state index contributed by atoms with van der Waals surface area (Å²) in [5.41, 5.74) is 0.857. The maximum Gasteiger partial charge on any atom is 0.341 e. The molecule has 0 aliphatic carbocycles. The minimum absolute atomic E-state index is 0.346. The fourth-order valence-electron chi connectivity index (χ4n) is 1.23. The SMILES string of the molecule is CCNCc1cc(Cl)ccc1OCC(=O)O. The second kappa shape index (κ2) is 6.35. The second-order valence-corrected chi connectivity index (χ2v) is 3.65. The highest BCUT2D eigenvalue weighted by Gasteiger charge is 2.06. The maximum atomic E-state index is 10.4. The first kappa shape index (κ1) is 12.8. The Balaban J connectivity index is 2.76. The van der Waals surface area contributed by atoms with Crippen LogP contribution in [-0.2, 0) is 11.3 Å². The number of hydrogen-bond acceptors (Lipinski definition) is 3. The Morgan fingerprint density at radius 1 is 1.56 bits per heavy atom. The number of carbonyl (C=O) groups is 1. The van der Waals surface area contributed by atoms with Gasteiger partial charge in [-0.15, -0.1) is 0 Å². The number of hydrogen-bond donors (Lipinski definition) is 2. The van der Waals surface area contributed by atoms with Crippen molar-refractivity contribution in [2.45, 2.75) is 13.5 Å². The number of carboxylic acid groups (broad SMARTS) is 1. The molecule has 0 spiro atoms. The van der Waals surface area contributed by atoms with Crippen LogP contribution in [0.1, 0.15) is 12.5 Å². The van der Waals surface area contributed by atoms with Gasteiger partial charge in [0.1, 0.15) is 5.75 Å². The number of ether oxygens (including phenoxy) is 1. The molecule has 0 aromatic heterocycles. The van der Waals surface area contributed by atoms with Crippen LogP contribution in [-0.4, -0.2) is 24.2 Å². The van der Waals surface area contributed by atoms with E-state index >= 15 is 0 Å². The van der Waals surface area contributed by atoms with Gasteiger partial charge in [0.2, 0.25) is 0 Å². The summed E-state index contributed by atoms with van der Waals surface area (Å²) in [5, 5.41) is 12.3. The van der Waals surface area contributed by atoms with Crippen LogP contribution in [0.4, 0.5) is 0 Å². The molecule has 0 amide bonds. The van der Waals surface area contributed by atoms with Gasteiger partial charge >= 0.3 is 5.97 Å². The second-order valence-electron chi connectivity index (χ2n) is 3.21. The van der Waals surface area contributed by atoms with Gasteiger partial charge in [-0.05, 0) is 24.7 Å². The molecular formula is C11H14ClNO3. The van der Waals surface area contributed by atoms with Gasteiger partial charge in [-0.3, -0.25) is 0 Å². The average molecular weight is 244 g/mol. The third-order valence-corrected chi connectivity index (χ3v) is 2.17. The van der Waals surface area contributed by atoms with Gasteiger partial charge < -0.3 is 15.2 Å². The largest absolute Gasteiger partial charge is 0.482 e. The van der Waals surface area contributed by atoms with Crippen molar-refractivity contribution in [2.24, 2.45) is 0 Å². The Kier molecular flexibility index (Phi) is 5.08. The Hall–Kier alpha value is -1.26. The van der Waals surface area contributed by atoms with E-state index in [1.54, 1.807) is 18.2 Å². The summed E-state index contributed by atoms with van der Waals surface area (Å²) in [7, 11) is 0. The van der Waals surface area contributed by atoms with Crippen LogP contribution in [0, 0.1) is 0 Å². The molecule has 0 heterocycles. The summed E-state index contributed by atoms with van der Waals surface area (Å²) in [6.07, 6.45) is 0. The smallest absolute Gasteiger partial charge is 0.341 e. The van der Waals surface area contributed by atoms with E-state index in [2.05, 4.69) is 5.32 Å². The molecule has 0 radical (unpaired) electrons. The third kappa shape index (κ3) is 4.08. The molecule has 0 aliphatic rings. The molecule has 0 saturated heterocycles. The van der Waals surface area contributed by atoms with Crippen molar-refractivity contribution >= 4 is 17.6 Å². The van der Waals surface area contributed by atoms with Crippen molar-refractivity contribution in [2.75, 3.05) is 13.2 Å². The molecule has 16 heavy (non-hydrogen) atoms. The van der Waals surface area contributed by atoms with Crippen molar-refractivity contribution in [3.8, 4) is 5.75 Å². The topological polar surface area (TPSA) is 58.6 Å². The summed E-state index contributed by atoms with van der Waals surface area (Å²) < 4.78 is 5.15. The molecule has 2 N–H and O–H groups in total. The summed E-state index contributed by atoms with van der Waals surface area (Å²) in [6.45, 7) is 3.07. The molecule has 0 aliphatic heterocycles. The number of benzene rings is 1. The zero-order chi connectivity index (χ0) is 12.0. The first-order valence-corrected chi connectivity index (χ1v) is 5.35. The van der Waals surface area contributed by atoms with E-state index in [1.165, 1.54) is 0 Å². The number of rotatable bonds is 6. The predicted octanol–water partition coefficient (Wildman–Crippen LogP) is 1.91. The van der Waals surface area contributed by atoms with E-state index in [9.17, 15) is 4.79 Å². The minimum atomic E-state index is -0.996. The Morgan fingerprint density at radius 3 is 2.94 bits per heavy atom. The van der Waals surface area contributed by atoms with E-state index in [0.29, 0.717) is 17.3 Å². The first-order chi connectivity index (χ1) is 7.63. The van der Waals surface area contributed by atoms with Gasteiger partial charge in [-0.1, -0.05) is 18.5 Å². The summed E-state index contributed by atoms with van der Waals surface area (Å²) in [4.78, 5) is 10.4. The van der Waals surface area contributed by atoms with Gasteiger partial charge in [0, 0.05) is 17.1 Å². The monoisotopic (exact) mass is 243 g/mol. The highest BCUT2D eigenvalue weighted by atomic mass is 35.5. The summed E-state index contributed by atoms with van der Waals surface area (Å²) >= 11 is 5.86. The molecular weight excluding hydrogens is 230 g/mol. The lowest BCUT2D eigenvalue weighted by Gasteiger charge is -2.10. The molecule has 1 aromatic rings. The molecule has 0 bridgehead atoms. The number of aliphatic carboxylic acids is 1. The van der Waals surface area contributed by atoms with Gasteiger partial charge in [0.15, 0.2) is 6.61 Å². The summed E-state index contributed by atoms with van der Waals surface area (Å²) in [5.74, 6) is -0.447. The Bertz CT molecular complexity index is 368. The number of nitrogens with one attached hydrogen (secondary N) is 1. The first-order valence-electron chi connectivity index (χ1n) is 4.97. The molecule has 0 saturated carbocycles. The van der Waals surface area contributed by atoms with Gasteiger partial charge in [0.05, 0.1) is 0 Å². The van der Waals surface area contributed by atoms with E-state index in [4.69, 9.17) is 21.4 Å². The fraction of sp³-hybridized carbons (Fsp3) is 0.364. The number of halogens is 1. The van der Waals surface area contributed by atoms with Crippen molar-refractivity contribution in [3.63, 3.8) is 0 Å². The quantitative estimate of drug-likeness (QED) is 0.801. The van der Waals surface area contributed by atoms with Crippen molar-refractivity contribution < 1.29 is 14.6 Å². The highest BCUT2D eigenvalue weighted by Crippen LogP contribution is 2.22. The third-order valence-electron chi connectivity index (χ3n) is 1.94. The summed E-state index contributed by atoms with van der Waals surface area (Å²) in [6, 6.07) is 5.12. The Labute approximate surface area is 99.2 Å². The fourth-order valence-corrected chi connectivity index (χ4v) is 1.42. The standard InChI is InChI=1S/C11H14ClNO3/c1-2-13-6-8-5-9(12)3-4-10(8)16-7-11(14)15/h3-5,13H,2,6-7H2,1H3,(H,14,15). The molecule has 5 heteroatoms. The van der Waals surface area contributed by atoms with Crippen molar-refractivity contribution in [1.82, 2.24) is 5.32 Å². The van der Waals surface area contributed by atoms with E-state index in [-0.39, 0.29) is 6.61 Å². The molecule has 4 nitrogen and oxygen atoms in total. The van der Waals surface area contributed by atoms with Crippen LogP contribution in [0.15, 0.2) is 18.2 Å². The molecule has 88 valence electrons. The van der Waals surface area contributed by atoms with E-state index in [0.717, 1.165) is 12.1 Å². The average Bonchev–Trinajstić information content (AvgIpc) is 2.24. The minimum Gasteiger partial charge on any atom is -0.482 e. The van der Waals surface area contributed by atoms with Gasteiger partial charge in [-0.2, -0.15) is 0 Å². The molecule has 1 rings (SSSR count). The molecule has 0 unspecified atom stereocenters. The van der Waals surface area contributed by atoms with Crippen LogP contribution in [0.3, 0.4) is 0 Å². The Morgan fingerprint density at radius 2 is 2.31 bits per heavy atom.